The van der Waals surface area contributed by atoms with Gasteiger partial charge < -0.3 is 11.1 Å². The van der Waals surface area contributed by atoms with E-state index in [4.69, 9.17) is 11.1 Å². The van der Waals surface area contributed by atoms with Crippen LogP contribution in [-0.2, 0) is 0 Å². The zero-order chi connectivity index (χ0) is 10.4. The Morgan fingerprint density at radius 3 is 2.93 bits per heavy atom. The van der Waals surface area contributed by atoms with Gasteiger partial charge in [0.25, 0.3) is 0 Å². The summed E-state index contributed by atoms with van der Waals surface area (Å²) < 4.78 is 0. The highest BCUT2D eigenvalue weighted by Crippen LogP contribution is 2.37. The van der Waals surface area contributed by atoms with Gasteiger partial charge in [-0.1, -0.05) is 0 Å². The molecule has 0 saturated heterocycles. The molecule has 3 heteroatoms. The van der Waals surface area contributed by atoms with Gasteiger partial charge in [0, 0.05) is 16.8 Å². The molecule has 0 bridgehead atoms. The normalized spacial score (nSPS) is 16.9. The number of benzene rings is 1. The molecule has 1 heterocycles. The summed E-state index contributed by atoms with van der Waals surface area (Å²) >= 11 is 0. The van der Waals surface area contributed by atoms with Crippen molar-refractivity contribution in [3.63, 3.8) is 0 Å². The summed E-state index contributed by atoms with van der Waals surface area (Å²) in [4.78, 5) is 4.46. The van der Waals surface area contributed by atoms with Gasteiger partial charge in [-0.25, -0.2) is 4.99 Å². The van der Waals surface area contributed by atoms with Crippen molar-refractivity contribution >= 4 is 28.4 Å². The van der Waals surface area contributed by atoms with Crippen LogP contribution in [0.5, 0.6) is 0 Å². The molecule has 0 saturated carbocycles. The van der Waals surface area contributed by atoms with Crippen molar-refractivity contribution in [2.24, 2.45) is 4.99 Å². The number of nitrogen functional groups attached to an aromatic ring is 1. The molecule has 0 amide bonds. The summed E-state index contributed by atoms with van der Waals surface area (Å²) in [5.74, 6) is 0. The van der Waals surface area contributed by atoms with Crippen molar-refractivity contribution in [1.29, 1.82) is 5.41 Å². The number of nitrogens with two attached hydrogens (primary N) is 1. The number of hydrogen-bond acceptors (Lipinski definition) is 3. The van der Waals surface area contributed by atoms with Gasteiger partial charge in [0.2, 0.25) is 0 Å². The van der Waals surface area contributed by atoms with E-state index in [1.807, 2.05) is 30.4 Å². The van der Waals surface area contributed by atoms with Crippen LogP contribution in [0.2, 0.25) is 0 Å². The predicted molar refractivity (Wildman–Crippen MR) is 62.8 cm³/mol. The Morgan fingerprint density at radius 1 is 1.20 bits per heavy atom. The second kappa shape index (κ2) is 2.67. The molecule has 3 rings (SSSR count). The van der Waals surface area contributed by atoms with Crippen LogP contribution in [0.15, 0.2) is 41.4 Å². The highest BCUT2D eigenvalue weighted by molar-refractivity contribution is 6.39. The average molecular weight is 195 g/mol. The molecule has 0 spiro atoms. The number of nitrogens with one attached hydrogen (secondary N) is 1. The molecule has 0 radical (unpaired) electrons. The van der Waals surface area contributed by atoms with Crippen molar-refractivity contribution in [3.05, 3.63) is 42.0 Å². The van der Waals surface area contributed by atoms with Crippen molar-refractivity contribution in [2.75, 3.05) is 5.73 Å². The molecule has 1 aromatic carbocycles. The maximum atomic E-state index is 7.59. The highest BCUT2D eigenvalue weighted by Gasteiger charge is 2.21. The maximum absolute atomic E-state index is 7.59. The van der Waals surface area contributed by atoms with Crippen LogP contribution in [0.3, 0.4) is 0 Å². The van der Waals surface area contributed by atoms with Gasteiger partial charge >= 0.3 is 0 Å². The van der Waals surface area contributed by atoms with E-state index < -0.39 is 0 Å². The zero-order valence-electron chi connectivity index (χ0n) is 7.99. The smallest absolute Gasteiger partial charge is 0.0717 e. The monoisotopic (exact) mass is 195 g/mol. The number of hydrogen-bond donors (Lipinski definition) is 2. The predicted octanol–water partition coefficient (Wildman–Crippen LogP) is 2.33. The summed E-state index contributed by atoms with van der Waals surface area (Å²) in [6, 6.07) is 5.66. The molecule has 3 N–H and O–H groups in total. The van der Waals surface area contributed by atoms with Gasteiger partial charge in [0.1, 0.15) is 0 Å². The first kappa shape index (κ1) is 8.17. The topological polar surface area (TPSA) is 62.2 Å². The average Bonchev–Trinajstić information content (AvgIpc) is 2.56. The minimum absolute atomic E-state index is 0.499. The van der Waals surface area contributed by atoms with E-state index in [1.165, 1.54) is 0 Å². The van der Waals surface area contributed by atoms with Crippen molar-refractivity contribution in [2.45, 2.75) is 0 Å². The molecule has 0 atom stereocenters. The summed E-state index contributed by atoms with van der Waals surface area (Å²) in [7, 11) is 0. The van der Waals surface area contributed by atoms with Gasteiger partial charge in [0.15, 0.2) is 0 Å². The largest absolute Gasteiger partial charge is 0.399 e. The lowest BCUT2D eigenvalue weighted by molar-refractivity contribution is 1.53. The lowest BCUT2D eigenvalue weighted by atomic mass is 9.97. The second-order valence-electron chi connectivity index (χ2n) is 3.62. The quantitative estimate of drug-likeness (QED) is 0.484. The fraction of sp³-hybridized carbons (Fsp3) is 0. The van der Waals surface area contributed by atoms with Gasteiger partial charge in [-0.2, -0.15) is 0 Å². The highest BCUT2D eigenvalue weighted by atomic mass is 14.8. The Balaban J connectivity index is 2.25. The van der Waals surface area contributed by atoms with E-state index in [0.29, 0.717) is 5.71 Å². The summed E-state index contributed by atoms with van der Waals surface area (Å²) in [6.45, 7) is 0. The zero-order valence-corrected chi connectivity index (χ0v) is 7.99. The van der Waals surface area contributed by atoms with Gasteiger partial charge in [-0.3, -0.25) is 0 Å². The van der Waals surface area contributed by atoms with Gasteiger partial charge in [-0.05, 0) is 36.4 Å². The Labute approximate surface area is 87.2 Å². The van der Waals surface area contributed by atoms with Crippen LogP contribution in [0.4, 0.5) is 11.4 Å². The molecular weight excluding hydrogens is 186 g/mol. The SMILES string of the molecule is N=C1C=CC2=Nc3ccc(N)cc3C2=C1. The van der Waals surface area contributed by atoms with Crippen LogP contribution >= 0.6 is 0 Å². The van der Waals surface area contributed by atoms with E-state index in [0.717, 1.165) is 28.2 Å². The molecule has 1 aliphatic carbocycles. The lowest BCUT2D eigenvalue weighted by Gasteiger charge is -2.06. The van der Waals surface area contributed by atoms with Crippen LogP contribution in [0, 0.1) is 5.41 Å². The number of allylic oxidation sites excluding steroid dienone is 4. The van der Waals surface area contributed by atoms with Crippen LogP contribution in [0.25, 0.3) is 5.57 Å². The molecule has 0 unspecified atom stereocenters. The minimum atomic E-state index is 0.499. The molecule has 1 aliphatic heterocycles. The van der Waals surface area contributed by atoms with Crippen molar-refractivity contribution < 1.29 is 0 Å². The van der Waals surface area contributed by atoms with E-state index in [1.54, 1.807) is 6.08 Å². The summed E-state index contributed by atoms with van der Waals surface area (Å²) in [6.07, 6.45) is 5.44. The third kappa shape index (κ3) is 1.13. The molecule has 3 nitrogen and oxygen atoms in total. The van der Waals surface area contributed by atoms with Crippen LogP contribution in [-0.4, -0.2) is 11.4 Å². The standard InChI is InChI=1S/C12H9N3/c13-7-1-3-11-9(5-7)10-6-8(14)2-4-12(10)15-11/h1-6,13H,14H2. The number of rotatable bonds is 0. The Bertz CT molecular complexity index is 562. The fourth-order valence-electron chi connectivity index (χ4n) is 1.85. The van der Waals surface area contributed by atoms with E-state index >= 15 is 0 Å². The number of fused-ring (bicyclic) bond motifs is 3. The lowest BCUT2D eigenvalue weighted by Crippen LogP contribution is -2.02. The van der Waals surface area contributed by atoms with Crippen molar-refractivity contribution in [1.82, 2.24) is 0 Å². The fourth-order valence-corrected chi connectivity index (χ4v) is 1.85. The van der Waals surface area contributed by atoms with E-state index in [-0.39, 0.29) is 0 Å². The first-order valence-corrected chi connectivity index (χ1v) is 4.71. The Kier molecular flexibility index (Phi) is 1.45. The Hall–Kier alpha value is -2.16. The number of aliphatic imine (C=N–C) groups is 1. The molecule has 0 fully saturated rings. The minimum Gasteiger partial charge on any atom is -0.399 e. The molecular formula is C12H9N3. The molecule has 1 aromatic rings. The van der Waals surface area contributed by atoms with E-state index in [9.17, 15) is 0 Å². The van der Waals surface area contributed by atoms with Crippen LogP contribution < -0.4 is 5.73 Å². The van der Waals surface area contributed by atoms with Crippen LogP contribution in [0.1, 0.15) is 5.56 Å². The molecule has 2 aliphatic rings. The van der Waals surface area contributed by atoms with Crippen molar-refractivity contribution in [3.8, 4) is 0 Å². The third-order valence-corrected chi connectivity index (χ3v) is 2.55. The number of anilines is 1. The maximum Gasteiger partial charge on any atom is 0.0717 e. The summed E-state index contributed by atoms with van der Waals surface area (Å²) in [5.41, 5.74) is 10.9. The molecule has 72 valence electrons. The van der Waals surface area contributed by atoms with Gasteiger partial charge in [-0.15, -0.1) is 0 Å². The second-order valence-corrected chi connectivity index (χ2v) is 3.62. The first-order chi connectivity index (χ1) is 7.24. The number of nitrogens with zero attached hydrogens (tertiary/aromatic N) is 1. The Morgan fingerprint density at radius 2 is 2.07 bits per heavy atom. The third-order valence-electron chi connectivity index (χ3n) is 2.55. The summed E-state index contributed by atoms with van der Waals surface area (Å²) in [5, 5.41) is 7.59. The van der Waals surface area contributed by atoms with Gasteiger partial charge in [0.05, 0.1) is 17.1 Å². The first-order valence-electron chi connectivity index (χ1n) is 4.71. The molecule has 15 heavy (non-hydrogen) atoms. The van der Waals surface area contributed by atoms with E-state index in [2.05, 4.69) is 4.99 Å². The molecule has 0 aromatic heterocycles.